The molecule has 0 aliphatic carbocycles. The van der Waals surface area contributed by atoms with E-state index in [4.69, 9.17) is 9.47 Å². The number of hydrogen-bond acceptors (Lipinski definition) is 7. The number of carbonyl (C=O) groups excluding carboxylic acids is 2. The minimum atomic E-state index is -0.244. The van der Waals surface area contributed by atoms with Gasteiger partial charge in [-0.3, -0.25) is 14.2 Å². The largest absolute Gasteiger partial charge is 0.494 e. The quantitative estimate of drug-likeness (QED) is 0.166. The van der Waals surface area contributed by atoms with E-state index in [1.807, 2.05) is 91.2 Å². The lowest BCUT2D eigenvalue weighted by Gasteiger charge is -2.15. The van der Waals surface area contributed by atoms with E-state index in [0.717, 1.165) is 22.6 Å². The Morgan fingerprint density at radius 1 is 0.860 bits per heavy atom. The van der Waals surface area contributed by atoms with E-state index in [1.165, 1.54) is 18.9 Å². The van der Waals surface area contributed by atoms with Gasteiger partial charge in [-0.05, 0) is 61.9 Å². The third-order valence-electron chi connectivity index (χ3n) is 6.51. The first-order valence-corrected chi connectivity index (χ1v) is 14.7. The first-order valence-electron chi connectivity index (χ1n) is 13.7. The van der Waals surface area contributed by atoms with E-state index < -0.39 is 0 Å². The third-order valence-corrected chi connectivity index (χ3v) is 7.44. The van der Waals surface area contributed by atoms with Crippen molar-refractivity contribution >= 4 is 35.0 Å². The molecule has 0 fully saturated rings. The molecule has 0 aliphatic rings. The van der Waals surface area contributed by atoms with Crippen LogP contribution in [-0.4, -0.2) is 46.0 Å². The van der Waals surface area contributed by atoms with E-state index in [0.29, 0.717) is 40.3 Å². The van der Waals surface area contributed by atoms with Crippen LogP contribution in [0.2, 0.25) is 0 Å². The molecule has 9 nitrogen and oxygen atoms in total. The van der Waals surface area contributed by atoms with Crippen molar-refractivity contribution in [3.63, 3.8) is 0 Å². The molecule has 0 bridgehead atoms. The van der Waals surface area contributed by atoms with Gasteiger partial charge in [-0.15, -0.1) is 10.2 Å². The molecule has 2 N–H and O–H groups in total. The molecule has 5 aromatic rings. The summed E-state index contributed by atoms with van der Waals surface area (Å²) in [5.41, 5.74) is 4.16. The fourth-order valence-electron chi connectivity index (χ4n) is 4.42. The first kappa shape index (κ1) is 29.4. The monoisotopic (exact) mass is 593 g/mol. The third kappa shape index (κ3) is 7.04. The van der Waals surface area contributed by atoms with Gasteiger partial charge in [0.1, 0.15) is 11.5 Å². The van der Waals surface area contributed by atoms with Crippen LogP contribution in [0, 0.1) is 6.92 Å². The van der Waals surface area contributed by atoms with Crippen molar-refractivity contribution in [1.82, 2.24) is 14.8 Å². The summed E-state index contributed by atoms with van der Waals surface area (Å²) < 4.78 is 13.1. The van der Waals surface area contributed by atoms with Crippen LogP contribution in [-0.2, 0) is 4.79 Å². The van der Waals surface area contributed by atoms with Crippen molar-refractivity contribution in [3.8, 4) is 28.6 Å². The van der Waals surface area contributed by atoms with Crippen molar-refractivity contribution in [2.75, 3.05) is 30.1 Å². The zero-order chi connectivity index (χ0) is 30.2. The summed E-state index contributed by atoms with van der Waals surface area (Å²) in [7, 11) is 1.52. The molecule has 2 amide bonds. The van der Waals surface area contributed by atoms with Crippen LogP contribution < -0.4 is 20.1 Å². The van der Waals surface area contributed by atoms with Crippen LogP contribution in [0.5, 0.6) is 11.5 Å². The summed E-state index contributed by atoms with van der Waals surface area (Å²) in [5.74, 6) is 1.47. The van der Waals surface area contributed by atoms with Crippen LogP contribution in [0.25, 0.3) is 17.1 Å². The second kappa shape index (κ2) is 13.7. The number of nitrogens with one attached hydrogen (secondary N) is 2. The lowest BCUT2D eigenvalue weighted by atomic mass is 10.1. The molecule has 1 heterocycles. The molecule has 0 saturated carbocycles. The van der Waals surface area contributed by atoms with Crippen molar-refractivity contribution < 1.29 is 19.1 Å². The average molecular weight is 594 g/mol. The van der Waals surface area contributed by atoms with Gasteiger partial charge in [0.25, 0.3) is 5.91 Å². The molecule has 0 spiro atoms. The van der Waals surface area contributed by atoms with Gasteiger partial charge in [0.2, 0.25) is 5.91 Å². The van der Waals surface area contributed by atoms with Gasteiger partial charge in [0.05, 0.1) is 25.2 Å². The Hall–Kier alpha value is -5.09. The molecular formula is C33H31N5O4S. The zero-order valence-corrected chi connectivity index (χ0v) is 24.9. The van der Waals surface area contributed by atoms with Crippen LogP contribution >= 0.6 is 11.8 Å². The number of ether oxygens (including phenoxy) is 2. The highest BCUT2D eigenvalue weighted by molar-refractivity contribution is 7.99. The summed E-state index contributed by atoms with van der Waals surface area (Å²) in [6.45, 7) is 4.37. The SMILES string of the molecule is CCOc1ccc(-n2c(SCC(=O)Nc3cc(C)c(NC(=O)c4ccccc4)cc3OC)nnc2-c2ccccc2)cc1. The van der Waals surface area contributed by atoms with E-state index in [1.54, 1.807) is 24.3 Å². The maximum atomic E-state index is 13.1. The molecule has 0 aliphatic heterocycles. The molecule has 0 unspecified atom stereocenters. The predicted octanol–water partition coefficient (Wildman–Crippen LogP) is 6.63. The van der Waals surface area contributed by atoms with E-state index in [2.05, 4.69) is 20.8 Å². The zero-order valence-electron chi connectivity index (χ0n) is 24.0. The number of anilines is 2. The number of aryl methyl sites for hydroxylation is 1. The number of nitrogens with zero attached hydrogens (tertiary/aromatic N) is 3. The van der Waals surface area contributed by atoms with Gasteiger partial charge >= 0.3 is 0 Å². The van der Waals surface area contributed by atoms with Gasteiger partial charge < -0.3 is 20.1 Å². The van der Waals surface area contributed by atoms with E-state index in [9.17, 15) is 9.59 Å². The molecule has 0 saturated heterocycles. The lowest BCUT2D eigenvalue weighted by Crippen LogP contribution is -2.16. The summed E-state index contributed by atoms with van der Waals surface area (Å²) in [4.78, 5) is 25.8. The Kier molecular flexibility index (Phi) is 9.38. The first-order chi connectivity index (χ1) is 21.0. The topological polar surface area (TPSA) is 107 Å². The lowest BCUT2D eigenvalue weighted by molar-refractivity contribution is -0.113. The van der Waals surface area contributed by atoms with E-state index in [-0.39, 0.29) is 17.6 Å². The Bertz CT molecular complexity index is 1710. The van der Waals surface area contributed by atoms with Crippen LogP contribution in [0.15, 0.2) is 102 Å². The normalized spacial score (nSPS) is 10.7. The fraction of sp³-hybridized carbons (Fsp3) is 0.152. The minimum Gasteiger partial charge on any atom is -0.494 e. The molecule has 1 aromatic heterocycles. The molecule has 4 aromatic carbocycles. The van der Waals surface area contributed by atoms with Crippen molar-refractivity contribution in [3.05, 3.63) is 108 Å². The number of amides is 2. The highest BCUT2D eigenvalue weighted by Crippen LogP contribution is 2.33. The number of thioether (sulfide) groups is 1. The summed E-state index contributed by atoms with van der Waals surface area (Å²) in [6, 6.07) is 29.9. The summed E-state index contributed by atoms with van der Waals surface area (Å²) >= 11 is 1.27. The van der Waals surface area contributed by atoms with Gasteiger partial charge in [-0.2, -0.15) is 0 Å². The smallest absolute Gasteiger partial charge is 0.255 e. The number of aromatic nitrogens is 3. The number of carbonyl (C=O) groups is 2. The number of methoxy groups -OCH3 is 1. The van der Waals surface area contributed by atoms with Crippen molar-refractivity contribution in [1.29, 1.82) is 0 Å². The van der Waals surface area contributed by atoms with E-state index >= 15 is 0 Å². The highest BCUT2D eigenvalue weighted by atomic mass is 32.2. The van der Waals surface area contributed by atoms with Crippen LogP contribution in [0.4, 0.5) is 11.4 Å². The number of rotatable bonds is 11. The van der Waals surface area contributed by atoms with Crippen LogP contribution in [0.3, 0.4) is 0 Å². The molecule has 43 heavy (non-hydrogen) atoms. The average Bonchev–Trinajstić information content (AvgIpc) is 3.46. The second-order valence-corrected chi connectivity index (χ2v) is 10.4. The highest BCUT2D eigenvalue weighted by Gasteiger charge is 2.19. The summed E-state index contributed by atoms with van der Waals surface area (Å²) in [6.07, 6.45) is 0. The van der Waals surface area contributed by atoms with Gasteiger partial charge in [-0.25, -0.2) is 0 Å². The molecule has 10 heteroatoms. The second-order valence-electron chi connectivity index (χ2n) is 9.46. The molecule has 0 radical (unpaired) electrons. The molecule has 0 atom stereocenters. The van der Waals surface area contributed by atoms with Gasteiger partial charge in [0, 0.05) is 28.6 Å². The fourth-order valence-corrected chi connectivity index (χ4v) is 5.17. The van der Waals surface area contributed by atoms with Gasteiger partial charge in [-0.1, -0.05) is 60.3 Å². The molecular weight excluding hydrogens is 562 g/mol. The van der Waals surface area contributed by atoms with Gasteiger partial charge in [0.15, 0.2) is 11.0 Å². The van der Waals surface area contributed by atoms with Crippen molar-refractivity contribution in [2.24, 2.45) is 0 Å². The number of hydrogen-bond donors (Lipinski definition) is 2. The predicted molar refractivity (Wildman–Crippen MR) is 169 cm³/mol. The van der Waals surface area contributed by atoms with Crippen LogP contribution in [0.1, 0.15) is 22.8 Å². The van der Waals surface area contributed by atoms with Crippen molar-refractivity contribution in [2.45, 2.75) is 19.0 Å². The maximum absolute atomic E-state index is 13.1. The Balaban J connectivity index is 1.33. The Morgan fingerprint density at radius 3 is 2.23 bits per heavy atom. The maximum Gasteiger partial charge on any atom is 0.255 e. The Labute approximate surface area is 254 Å². The Morgan fingerprint density at radius 2 is 1.56 bits per heavy atom. The summed E-state index contributed by atoms with van der Waals surface area (Å²) in [5, 5.41) is 15.3. The molecule has 218 valence electrons. The molecule has 5 rings (SSSR count). The number of benzene rings is 4. The minimum absolute atomic E-state index is 0.0820. The standard InChI is InChI=1S/C33H31N5O4S/c1-4-42-26-17-15-25(16-18-26)38-31(23-11-7-5-8-12-23)36-37-33(38)43-21-30(39)34-28-19-22(2)27(20-29(28)41-3)35-32(40)24-13-9-6-10-14-24/h5-20H,4,21H2,1-3H3,(H,34,39)(H,35,40).